The lowest BCUT2D eigenvalue weighted by Crippen LogP contribution is -2.49. The Hall–Kier alpha value is -0.0400. The minimum absolute atomic E-state index is 0.625. The van der Waals surface area contributed by atoms with Gasteiger partial charge in [0, 0.05) is 5.54 Å². The van der Waals surface area contributed by atoms with E-state index in [-0.39, 0.29) is 0 Å². The van der Waals surface area contributed by atoms with Gasteiger partial charge < -0.3 is 5.32 Å². The van der Waals surface area contributed by atoms with Crippen LogP contribution in [0.1, 0.15) is 57.8 Å². The van der Waals surface area contributed by atoms with Gasteiger partial charge in [0.1, 0.15) is 0 Å². The molecule has 1 heterocycles. The summed E-state index contributed by atoms with van der Waals surface area (Å²) in [6.45, 7) is 1.30. The molecule has 2 aliphatic carbocycles. The summed E-state index contributed by atoms with van der Waals surface area (Å²) in [7, 11) is 0. The summed E-state index contributed by atoms with van der Waals surface area (Å²) in [5, 5.41) is 3.90. The van der Waals surface area contributed by atoms with Crippen molar-refractivity contribution in [2.45, 2.75) is 63.3 Å². The Morgan fingerprint density at radius 1 is 0.786 bits per heavy atom. The van der Waals surface area contributed by atoms with E-state index in [0.29, 0.717) is 5.54 Å². The summed E-state index contributed by atoms with van der Waals surface area (Å²) in [5.74, 6) is 2.10. The fourth-order valence-electron chi connectivity index (χ4n) is 4.04. The zero-order valence-corrected chi connectivity index (χ0v) is 9.23. The van der Waals surface area contributed by atoms with E-state index in [1.807, 2.05) is 0 Å². The molecule has 0 radical (unpaired) electrons. The summed E-state index contributed by atoms with van der Waals surface area (Å²) in [4.78, 5) is 0. The van der Waals surface area contributed by atoms with Crippen LogP contribution in [-0.2, 0) is 0 Å². The highest BCUT2D eigenvalue weighted by molar-refractivity contribution is 5.07. The van der Waals surface area contributed by atoms with Crippen LogP contribution in [0.2, 0.25) is 0 Å². The molecule has 0 bridgehead atoms. The van der Waals surface area contributed by atoms with Gasteiger partial charge in [0.25, 0.3) is 0 Å². The normalized spacial score (nSPS) is 40.3. The van der Waals surface area contributed by atoms with Crippen LogP contribution in [0.15, 0.2) is 0 Å². The Bertz CT molecular complexity index is 195. The smallest absolute Gasteiger partial charge is 0.0238 e. The third-order valence-electron chi connectivity index (χ3n) is 4.86. The molecular weight excluding hydrogens is 170 g/mol. The van der Waals surface area contributed by atoms with E-state index in [4.69, 9.17) is 0 Å². The van der Waals surface area contributed by atoms with Gasteiger partial charge in [-0.25, -0.2) is 0 Å². The van der Waals surface area contributed by atoms with Gasteiger partial charge in [0.15, 0.2) is 0 Å². The predicted molar refractivity (Wildman–Crippen MR) is 59.3 cm³/mol. The van der Waals surface area contributed by atoms with Crippen LogP contribution < -0.4 is 5.32 Å². The highest BCUT2D eigenvalue weighted by Gasteiger charge is 2.51. The summed E-state index contributed by atoms with van der Waals surface area (Å²) in [6.07, 6.45) is 13.5. The van der Waals surface area contributed by atoms with Gasteiger partial charge in [-0.2, -0.15) is 0 Å². The average molecular weight is 193 g/mol. The first-order valence-corrected chi connectivity index (χ1v) is 6.67. The molecule has 1 atom stereocenters. The molecule has 2 saturated carbocycles. The monoisotopic (exact) mass is 193 g/mol. The van der Waals surface area contributed by atoms with E-state index < -0.39 is 0 Å². The first-order chi connectivity index (χ1) is 6.92. The maximum Gasteiger partial charge on any atom is 0.0238 e. The van der Waals surface area contributed by atoms with Crippen LogP contribution >= 0.6 is 0 Å². The molecule has 1 unspecified atom stereocenters. The molecule has 3 aliphatic rings. The molecule has 14 heavy (non-hydrogen) atoms. The molecule has 1 aliphatic heterocycles. The van der Waals surface area contributed by atoms with Gasteiger partial charge in [-0.05, 0) is 56.9 Å². The minimum Gasteiger partial charge on any atom is -0.311 e. The van der Waals surface area contributed by atoms with Gasteiger partial charge >= 0.3 is 0 Å². The van der Waals surface area contributed by atoms with Gasteiger partial charge in [-0.3, -0.25) is 0 Å². The molecule has 1 saturated heterocycles. The summed E-state index contributed by atoms with van der Waals surface area (Å²) >= 11 is 0. The molecule has 0 aromatic carbocycles. The standard InChI is InChI=1S/C13H23N/c1-2-5-11(6-3-1)13(12-7-8-12)9-4-10-14-13/h11-12,14H,1-10H2. The highest BCUT2D eigenvalue weighted by atomic mass is 15.0. The second-order valence-electron chi connectivity index (χ2n) is 5.68. The van der Waals surface area contributed by atoms with Gasteiger partial charge in [-0.15, -0.1) is 0 Å². The Morgan fingerprint density at radius 3 is 2.07 bits per heavy atom. The average Bonchev–Trinajstić information content (AvgIpc) is 2.99. The van der Waals surface area contributed by atoms with Crippen molar-refractivity contribution in [3.05, 3.63) is 0 Å². The minimum atomic E-state index is 0.625. The molecule has 3 rings (SSSR count). The topological polar surface area (TPSA) is 12.0 Å². The van der Waals surface area contributed by atoms with Crippen molar-refractivity contribution in [2.24, 2.45) is 11.8 Å². The van der Waals surface area contributed by atoms with Gasteiger partial charge in [-0.1, -0.05) is 19.3 Å². The molecule has 1 N–H and O–H groups in total. The van der Waals surface area contributed by atoms with Crippen molar-refractivity contribution in [2.75, 3.05) is 6.54 Å². The first-order valence-electron chi connectivity index (χ1n) is 6.67. The Kier molecular flexibility index (Phi) is 2.31. The molecule has 1 nitrogen and oxygen atoms in total. The SMILES string of the molecule is C1CCC(C2(C3CC3)CCCN2)CC1. The van der Waals surface area contributed by atoms with E-state index in [9.17, 15) is 0 Å². The maximum absolute atomic E-state index is 3.90. The van der Waals surface area contributed by atoms with E-state index in [1.165, 1.54) is 64.3 Å². The second-order valence-corrected chi connectivity index (χ2v) is 5.68. The van der Waals surface area contributed by atoms with Crippen molar-refractivity contribution in [1.29, 1.82) is 0 Å². The summed E-state index contributed by atoms with van der Waals surface area (Å²) < 4.78 is 0. The van der Waals surface area contributed by atoms with Crippen LogP contribution in [0.5, 0.6) is 0 Å². The zero-order chi connectivity index (χ0) is 9.43. The fourth-order valence-corrected chi connectivity index (χ4v) is 4.04. The molecule has 1 heteroatoms. The summed E-state index contributed by atoms with van der Waals surface area (Å²) in [5.41, 5.74) is 0.625. The number of hydrogen-bond acceptors (Lipinski definition) is 1. The van der Waals surface area contributed by atoms with E-state index in [2.05, 4.69) is 5.32 Å². The van der Waals surface area contributed by atoms with E-state index >= 15 is 0 Å². The largest absolute Gasteiger partial charge is 0.311 e. The maximum atomic E-state index is 3.90. The Balaban J connectivity index is 1.76. The van der Waals surface area contributed by atoms with Crippen LogP contribution in [0.3, 0.4) is 0 Å². The summed E-state index contributed by atoms with van der Waals surface area (Å²) in [6, 6.07) is 0. The lowest BCUT2D eigenvalue weighted by atomic mass is 9.71. The molecule has 0 aromatic rings. The molecule has 0 spiro atoms. The van der Waals surface area contributed by atoms with Gasteiger partial charge in [0.2, 0.25) is 0 Å². The van der Waals surface area contributed by atoms with Crippen molar-refractivity contribution in [1.82, 2.24) is 5.32 Å². The third kappa shape index (κ3) is 1.41. The third-order valence-corrected chi connectivity index (χ3v) is 4.86. The van der Waals surface area contributed by atoms with Crippen molar-refractivity contribution >= 4 is 0 Å². The van der Waals surface area contributed by atoms with Crippen LogP contribution in [0, 0.1) is 11.8 Å². The molecular formula is C13H23N. The van der Waals surface area contributed by atoms with E-state index in [1.54, 1.807) is 0 Å². The van der Waals surface area contributed by atoms with Crippen molar-refractivity contribution in [3.8, 4) is 0 Å². The number of nitrogens with one attached hydrogen (secondary N) is 1. The molecule has 0 aromatic heterocycles. The van der Waals surface area contributed by atoms with Gasteiger partial charge in [0.05, 0.1) is 0 Å². The fraction of sp³-hybridized carbons (Fsp3) is 1.00. The Labute approximate surface area is 87.7 Å². The van der Waals surface area contributed by atoms with Crippen LogP contribution in [0.25, 0.3) is 0 Å². The quantitative estimate of drug-likeness (QED) is 0.710. The predicted octanol–water partition coefficient (Wildman–Crippen LogP) is 3.10. The Morgan fingerprint density at radius 2 is 1.50 bits per heavy atom. The molecule has 80 valence electrons. The second kappa shape index (κ2) is 3.52. The van der Waals surface area contributed by atoms with Crippen molar-refractivity contribution in [3.63, 3.8) is 0 Å². The van der Waals surface area contributed by atoms with Crippen LogP contribution in [0.4, 0.5) is 0 Å². The molecule has 0 amide bonds. The lowest BCUT2D eigenvalue weighted by Gasteiger charge is -2.40. The zero-order valence-electron chi connectivity index (χ0n) is 9.23. The van der Waals surface area contributed by atoms with E-state index in [0.717, 1.165) is 11.8 Å². The highest BCUT2D eigenvalue weighted by Crippen LogP contribution is 2.51. The first kappa shape index (κ1) is 9.21. The number of hydrogen-bond donors (Lipinski definition) is 1. The lowest BCUT2D eigenvalue weighted by molar-refractivity contribution is 0.156. The molecule has 3 fully saturated rings. The van der Waals surface area contributed by atoms with Crippen molar-refractivity contribution < 1.29 is 0 Å². The van der Waals surface area contributed by atoms with Crippen LogP contribution in [-0.4, -0.2) is 12.1 Å². The number of rotatable bonds is 2.